The number of amides is 4. The highest BCUT2D eigenvalue weighted by Gasteiger charge is 2.37. The average molecular weight is 609 g/mol. The SMILES string of the molecule is CC(C)[C@@H]1CN(C(=O)CCc2nc(-c3ccco3)no2)CC(=O)NCCCc2ccc(F)c(c2)C(=O)N2CCC[C@H]2C(=O)N1. The monoisotopic (exact) mass is 608 g/mol. The van der Waals surface area contributed by atoms with E-state index < -0.39 is 23.8 Å². The number of carbonyl (C=O) groups is 4. The molecule has 1 saturated heterocycles. The Hall–Kier alpha value is -4.55. The number of nitrogens with one attached hydrogen (secondary N) is 2. The summed E-state index contributed by atoms with van der Waals surface area (Å²) in [6, 6.07) is 6.53. The smallest absolute Gasteiger partial charge is 0.257 e. The number of aryl methyl sites for hydroxylation is 2. The van der Waals surface area contributed by atoms with Gasteiger partial charge in [-0.25, -0.2) is 4.39 Å². The Bertz CT molecular complexity index is 1490. The summed E-state index contributed by atoms with van der Waals surface area (Å²) in [5, 5.41) is 9.75. The molecule has 0 radical (unpaired) electrons. The molecule has 4 amide bonds. The van der Waals surface area contributed by atoms with E-state index in [0.717, 1.165) is 5.56 Å². The largest absolute Gasteiger partial charge is 0.461 e. The fraction of sp³-hybridized carbons (Fsp3) is 0.484. The number of hydrogen-bond acceptors (Lipinski definition) is 8. The zero-order valence-electron chi connectivity index (χ0n) is 24.9. The van der Waals surface area contributed by atoms with Crippen molar-refractivity contribution in [1.82, 2.24) is 30.6 Å². The van der Waals surface area contributed by atoms with Gasteiger partial charge >= 0.3 is 0 Å². The topological polar surface area (TPSA) is 151 Å². The van der Waals surface area contributed by atoms with Gasteiger partial charge in [-0.05, 0) is 61.4 Å². The molecule has 0 spiro atoms. The van der Waals surface area contributed by atoms with Crippen LogP contribution in [0.3, 0.4) is 0 Å². The maximum absolute atomic E-state index is 14.8. The molecule has 12 nitrogen and oxygen atoms in total. The normalized spacial score (nSPS) is 20.3. The maximum Gasteiger partial charge on any atom is 0.257 e. The van der Waals surface area contributed by atoms with Gasteiger partial charge in [0.2, 0.25) is 29.4 Å². The molecule has 4 heterocycles. The van der Waals surface area contributed by atoms with Gasteiger partial charge in [0.05, 0.1) is 18.4 Å². The molecule has 2 aliphatic heterocycles. The molecule has 5 rings (SSSR count). The van der Waals surface area contributed by atoms with E-state index in [9.17, 15) is 23.6 Å². The van der Waals surface area contributed by atoms with E-state index in [1.165, 1.54) is 28.2 Å². The summed E-state index contributed by atoms with van der Waals surface area (Å²) in [7, 11) is 0. The molecule has 1 fully saturated rings. The zero-order chi connectivity index (χ0) is 31.2. The van der Waals surface area contributed by atoms with Crippen LogP contribution in [0.4, 0.5) is 4.39 Å². The predicted molar refractivity (Wildman–Crippen MR) is 155 cm³/mol. The molecule has 0 aliphatic carbocycles. The third-order valence-corrected chi connectivity index (χ3v) is 8.04. The second-order valence-electron chi connectivity index (χ2n) is 11.5. The summed E-state index contributed by atoms with van der Waals surface area (Å²) < 4.78 is 25.3. The summed E-state index contributed by atoms with van der Waals surface area (Å²) in [6.07, 6.45) is 3.75. The highest BCUT2D eigenvalue weighted by Crippen LogP contribution is 2.24. The molecule has 13 heteroatoms. The number of hydrogen-bond donors (Lipinski definition) is 2. The lowest BCUT2D eigenvalue weighted by Gasteiger charge is -2.32. The fourth-order valence-corrected chi connectivity index (χ4v) is 5.51. The summed E-state index contributed by atoms with van der Waals surface area (Å²) >= 11 is 0. The summed E-state index contributed by atoms with van der Waals surface area (Å²) in [6.45, 7) is 4.36. The zero-order valence-corrected chi connectivity index (χ0v) is 24.9. The number of carbonyl (C=O) groups excluding carboxylic acids is 4. The van der Waals surface area contributed by atoms with Crippen molar-refractivity contribution in [2.75, 3.05) is 26.2 Å². The molecule has 2 N–H and O–H groups in total. The standard InChI is InChI=1S/C31H37FN6O6/c1-19(2)23-17-37(28(40)12-11-27-35-29(36-44-27)25-8-5-15-43-25)18-26(39)33-13-3-6-20-9-10-22(32)21(16-20)31(42)38-14-4-7-24(38)30(41)34-23/h5,8-10,15-16,19,23-24H,3-4,6-7,11-14,17-18H2,1-2H3,(H,33,39)(H,34,41)/t23-,24-/m0/s1. The Kier molecular flexibility index (Phi) is 9.71. The molecule has 1 aromatic carbocycles. The molecular formula is C31H37FN6O6. The van der Waals surface area contributed by atoms with Crippen LogP contribution in [0.2, 0.25) is 0 Å². The molecule has 234 valence electrons. The van der Waals surface area contributed by atoms with Gasteiger partial charge in [-0.3, -0.25) is 19.2 Å². The first kappa shape index (κ1) is 30.9. The third-order valence-electron chi connectivity index (χ3n) is 8.04. The predicted octanol–water partition coefficient (Wildman–Crippen LogP) is 2.74. The van der Waals surface area contributed by atoms with Crippen molar-refractivity contribution in [3.05, 3.63) is 59.4 Å². The summed E-state index contributed by atoms with van der Waals surface area (Å²) in [5.41, 5.74) is 0.687. The van der Waals surface area contributed by atoms with Crippen molar-refractivity contribution in [1.29, 1.82) is 0 Å². The van der Waals surface area contributed by atoms with E-state index in [-0.39, 0.29) is 66.8 Å². The number of furan rings is 1. The van der Waals surface area contributed by atoms with Crippen LogP contribution < -0.4 is 10.6 Å². The minimum absolute atomic E-state index is 0.00208. The minimum Gasteiger partial charge on any atom is -0.461 e. The Morgan fingerprint density at radius 1 is 1.18 bits per heavy atom. The summed E-state index contributed by atoms with van der Waals surface area (Å²) in [5.74, 6) is -1.33. The molecule has 2 atom stereocenters. The van der Waals surface area contributed by atoms with Crippen molar-refractivity contribution < 1.29 is 32.5 Å². The van der Waals surface area contributed by atoms with Gasteiger partial charge in [0.1, 0.15) is 11.9 Å². The minimum atomic E-state index is -0.768. The van der Waals surface area contributed by atoms with Gasteiger partial charge in [-0.15, -0.1) is 0 Å². The highest BCUT2D eigenvalue weighted by molar-refractivity contribution is 5.98. The molecule has 3 aromatic rings. The van der Waals surface area contributed by atoms with Crippen molar-refractivity contribution in [2.45, 2.75) is 64.5 Å². The van der Waals surface area contributed by atoms with Gasteiger partial charge in [0, 0.05) is 38.5 Å². The van der Waals surface area contributed by atoms with Crippen molar-refractivity contribution in [3.63, 3.8) is 0 Å². The summed E-state index contributed by atoms with van der Waals surface area (Å²) in [4.78, 5) is 60.6. The van der Waals surface area contributed by atoms with Crippen LogP contribution in [0.15, 0.2) is 45.5 Å². The Morgan fingerprint density at radius 2 is 2.02 bits per heavy atom. The van der Waals surface area contributed by atoms with E-state index in [1.54, 1.807) is 18.2 Å². The van der Waals surface area contributed by atoms with E-state index in [1.807, 2.05) is 13.8 Å². The van der Waals surface area contributed by atoms with Gasteiger partial charge in [0.15, 0.2) is 5.76 Å². The lowest BCUT2D eigenvalue weighted by Crippen LogP contribution is -2.54. The Morgan fingerprint density at radius 3 is 2.80 bits per heavy atom. The molecule has 0 unspecified atom stereocenters. The number of rotatable bonds is 5. The van der Waals surface area contributed by atoms with Crippen LogP contribution in [0.5, 0.6) is 0 Å². The Balaban J connectivity index is 1.34. The van der Waals surface area contributed by atoms with E-state index >= 15 is 0 Å². The Labute approximate surface area is 254 Å². The van der Waals surface area contributed by atoms with Gasteiger partial charge < -0.3 is 29.4 Å². The first-order valence-corrected chi connectivity index (χ1v) is 15.0. The molecule has 44 heavy (non-hydrogen) atoms. The van der Waals surface area contributed by atoms with Gasteiger partial charge in [-0.1, -0.05) is 25.1 Å². The molecule has 2 aliphatic rings. The molecule has 2 bridgehead atoms. The van der Waals surface area contributed by atoms with Crippen LogP contribution in [-0.2, 0) is 27.2 Å². The molecule has 0 saturated carbocycles. The maximum atomic E-state index is 14.8. The number of benzene rings is 1. The van der Waals surface area contributed by atoms with Crippen LogP contribution in [-0.4, -0.2) is 81.8 Å². The second-order valence-corrected chi connectivity index (χ2v) is 11.5. The van der Waals surface area contributed by atoms with Crippen molar-refractivity contribution in [3.8, 4) is 11.6 Å². The lowest BCUT2D eigenvalue weighted by atomic mass is 10.0. The van der Waals surface area contributed by atoms with E-state index in [4.69, 9.17) is 8.94 Å². The van der Waals surface area contributed by atoms with Crippen LogP contribution in [0, 0.1) is 11.7 Å². The van der Waals surface area contributed by atoms with Crippen LogP contribution in [0.1, 0.15) is 61.3 Å². The number of aromatic nitrogens is 2. The molecule has 2 aromatic heterocycles. The molecular weight excluding hydrogens is 571 g/mol. The third kappa shape index (κ3) is 7.32. The number of nitrogens with zero attached hydrogens (tertiary/aromatic N) is 4. The van der Waals surface area contributed by atoms with E-state index in [2.05, 4.69) is 20.8 Å². The first-order chi connectivity index (χ1) is 21.2. The van der Waals surface area contributed by atoms with E-state index in [0.29, 0.717) is 44.5 Å². The highest BCUT2D eigenvalue weighted by atomic mass is 19.1. The first-order valence-electron chi connectivity index (χ1n) is 15.0. The fourth-order valence-electron chi connectivity index (χ4n) is 5.51. The van der Waals surface area contributed by atoms with Crippen LogP contribution >= 0.6 is 0 Å². The van der Waals surface area contributed by atoms with Crippen molar-refractivity contribution in [2.24, 2.45) is 5.92 Å². The average Bonchev–Trinajstić information content (AvgIpc) is 3.79. The number of fused-ring (bicyclic) bond motifs is 3. The lowest BCUT2D eigenvalue weighted by molar-refractivity contribution is -0.137. The van der Waals surface area contributed by atoms with Crippen molar-refractivity contribution >= 4 is 23.6 Å². The number of halogens is 1. The second kappa shape index (κ2) is 13.8. The van der Waals surface area contributed by atoms with Crippen LogP contribution in [0.25, 0.3) is 11.6 Å². The van der Waals surface area contributed by atoms with Gasteiger partial charge in [-0.2, -0.15) is 4.98 Å². The van der Waals surface area contributed by atoms with Gasteiger partial charge in [0.25, 0.3) is 5.91 Å². The quantitative estimate of drug-likeness (QED) is 0.449.